The molecule has 4 atom stereocenters. The van der Waals surface area contributed by atoms with E-state index in [-0.39, 0.29) is 37.6 Å². The summed E-state index contributed by atoms with van der Waals surface area (Å²) < 4.78 is 22.8. The SMILES string of the molecule is COC1CC(=O)C#C[C@H](OCc2ccccc2)[C@@H](OCc2ccccc2)C#CC(=O)C[C@@H]1OC. The van der Waals surface area contributed by atoms with Crippen molar-refractivity contribution in [2.45, 2.75) is 50.5 Å². The molecule has 0 heterocycles. The van der Waals surface area contributed by atoms with E-state index in [0.717, 1.165) is 11.1 Å². The second-order valence-corrected chi connectivity index (χ2v) is 7.78. The minimum absolute atomic E-state index is 0.0103. The summed E-state index contributed by atoms with van der Waals surface area (Å²) in [5.41, 5.74) is 1.88. The van der Waals surface area contributed by atoms with Gasteiger partial charge >= 0.3 is 0 Å². The first kappa shape index (κ1) is 25.4. The van der Waals surface area contributed by atoms with E-state index in [1.807, 2.05) is 60.7 Å². The average molecular weight is 461 g/mol. The minimum atomic E-state index is -0.841. The molecule has 1 aliphatic carbocycles. The molecule has 1 aliphatic rings. The standard InChI is InChI=1S/C28H28O6/c1-31-27-17-23(29)13-15-25(33-19-21-9-5-3-6-10-21)26(16-14-24(30)18-28(27)32-2)34-20-22-11-7-4-8-12-22/h3-12,25-28H,17-20H2,1-2H3/t25-,26-,27-,28?/m0/s1. The number of hydrogen-bond donors (Lipinski definition) is 0. The van der Waals surface area contributed by atoms with Crippen LogP contribution in [0.5, 0.6) is 0 Å². The first-order valence-electron chi connectivity index (χ1n) is 11.0. The maximum absolute atomic E-state index is 12.6. The van der Waals surface area contributed by atoms with Crippen LogP contribution < -0.4 is 0 Å². The van der Waals surface area contributed by atoms with E-state index in [0.29, 0.717) is 0 Å². The van der Waals surface area contributed by atoms with Crippen molar-refractivity contribution in [1.29, 1.82) is 0 Å². The van der Waals surface area contributed by atoms with Crippen LogP contribution in [0, 0.1) is 23.7 Å². The summed E-state index contributed by atoms with van der Waals surface area (Å²) in [5.74, 6) is 10.4. The molecule has 0 saturated heterocycles. The molecule has 0 saturated carbocycles. The zero-order chi connectivity index (χ0) is 24.2. The lowest BCUT2D eigenvalue weighted by atomic mass is 10.0. The average Bonchev–Trinajstić information content (AvgIpc) is 2.87. The molecule has 0 N–H and O–H groups in total. The largest absolute Gasteiger partial charge is 0.378 e. The highest BCUT2D eigenvalue weighted by molar-refractivity contribution is 5.97. The number of ether oxygens (including phenoxy) is 4. The number of carbonyl (C=O) groups is 2. The van der Waals surface area contributed by atoms with Gasteiger partial charge in [-0.25, -0.2) is 0 Å². The molecular weight excluding hydrogens is 432 g/mol. The first-order chi connectivity index (χ1) is 16.6. The number of ketones is 2. The lowest BCUT2D eigenvalue weighted by Gasteiger charge is -2.23. The van der Waals surface area contributed by atoms with Crippen molar-refractivity contribution in [3.63, 3.8) is 0 Å². The van der Waals surface area contributed by atoms with Crippen LogP contribution in [0.3, 0.4) is 0 Å². The van der Waals surface area contributed by atoms with Crippen molar-refractivity contribution in [2.24, 2.45) is 0 Å². The fourth-order valence-electron chi connectivity index (χ4n) is 3.43. The molecule has 2 aromatic rings. The molecule has 0 amide bonds. The van der Waals surface area contributed by atoms with Crippen molar-refractivity contribution in [1.82, 2.24) is 0 Å². The number of carbonyl (C=O) groups excluding carboxylic acids is 2. The predicted octanol–water partition coefficient (Wildman–Crippen LogP) is 3.13. The zero-order valence-electron chi connectivity index (χ0n) is 19.4. The lowest BCUT2D eigenvalue weighted by Crippen LogP contribution is -2.34. The van der Waals surface area contributed by atoms with Crippen LogP contribution in [-0.4, -0.2) is 50.2 Å². The zero-order valence-corrected chi connectivity index (χ0v) is 19.4. The van der Waals surface area contributed by atoms with Crippen molar-refractivity contribution in [2.75, 3.05) is 14.2 Å². The van der Waals surface area contributed by atoms with Gasteiger partial charge in [0.15, 0.2) is 12.2 Å². The fourth-order valence-corrected chi connectivity index (χ4v) is 3.43. The Morgan fingerprint density at radius 2 is 1.06 bits per heavy atom. The highest BCUT2D eigenvalue weighted by Gasteiger charge is 2.27. The number of rotatable bonds is 8. The monoisotopic (exact) mass is 460 g/mol. The van der Waals surface area contributed by atoms with Gasteiger partial charge in [0.25, 0.3) is 0 Å². The topological polar surface area (TPSA) is 71.1 Å². The van der Waals surface area contributed by atoms with Crippen LogP contribution in [0.25, 0.3) is 0 Å². The summed E-state index contributed by atoms with van der Waals surface area (Å²) >= 11 is 0. The van der Waals surface area contributed by atoms with Crippen molar-refractivity contribution in [3.8, 4) is 23.7 Å². The van der Waals surface area contributed by atoms with Crippen molar-refractivity contribution in [3.05, 3.63) is 71.8 Å². The van der Waals surface area contributed by atoms with E-state index < -0.39 is 24.4 Å². The molecular formula is C28H28O6. The van der Waals surface area contributed by atoms with Crippen LogP contribution in [0.15, 0.2) is 60.7 Å². The molecule has 0 aliphatic heterocycles. The molecule has 34 heavy (non-hydrogen) atoms. The van der Waals surface area contributed by atoms with Crippen LogP contribution in [0.1, 0.15) is 24.0 Å². The summed E-state index contributed by atoms with van der Waals surface area (Å²) in [5, 5.41) is 0. The Morgan fingerprint density at radius 1 is 0.676 bits per heavy atom. The van der Waals surface area contributed by atoms with E-state index in [9.17, 15) is 9.59 Å². The predicted molar refractivity (Wildman–Crippen MR) is 126 cm³/mol. The molecule has 0 aromatic heterocycles. The second-order valence-electron chi connectivity index (χ2n) is 7.78. The van der Waals surface area contributed by atoms with Crippen LogP contribution in [0.2, 0.25) is 0 Å². The van der Waals surface area contributed by atoms with E-state index >= 15 is 0 Å². The third-order valence-electron chi connectivity index (χ3n) is 5.32. The number of benzene rings is 2. The Kier molecular flexibility index (Phi) is 10.0. The number of Topliss-reactive ketones (excluding diaryl/α,β-unsaturated/α-hetero) is 2. The summed E-state index contributed by atoms with van der Waals surface area (Å²) in [6.45, 7) is 0.503. The summed E-state index contributed by atoms with van der Waals surface area (Å²) in [4.78, 5) is 25.2. The minimum Gasteiger partial charge on any atom is -0.378 e. The van der Waals surface area contributed by atoms with Gasteiger partial charge in [0.05, 0.1) is 25.4 Å². The Labute approximate surface area is 200 Å². The molecule has 0 spiro atoms. The highest BCUT2D eigenvalue weighted by atomic mass is 16.5. The van der Waals surface area contributed by atoms with Gasteiger partial charge in [-0.1, -0.05) is 72.5 Å². The first-order valence-corrected chi connectivity index (χ1v) is 11.0. The second kappa shape index (κ2) is 13.4. The van der Waals surface area contributed by atoms with Crippen molar-refractivity contribution >= 4 is 11.6 Å². The van der Waals surface area contributed by atoms with Gasteiger partial charge in [0.1, 0.15) is 0 Å². The Balaban J connectivity index is 1.88. The molecule has 0 bridgehead atoms. The molecule has 6 heteroatoms. The van der Waals surface area contributed by atoms with E-state index in [4.69, 9.17) is 18.9 Å². The van der Waals surface area contributed by atoms with Crippen LogP contribution in [-0.2, 0) is 41.8 Å². The van der Waals surface area contributed by atoms with Gasteiger partial charge in [-0.3, -0.25) is 9.59 Å². The maximum atomic E-state index is 12.6. The van der Waals surface area contributed by atoms with Crippen LogP contribution >= 0.6 is 0 Å². The molecule has 0 radical (unpaired) electrons. The molecule has 2 aromatic carbocycles. The number of methoxy groups -OCH3 is 2. The molecule has 6 nitrogen and oxygen atoms in total. The molecule has 3 rings (SSSR count). The quantitative estimate of drug-likeness (QED) is 0.445. The van der Waals surface area contributed by atoms with Gasteiger partial charge in [-0.05, 0) is 23.0 Å². The van der Waals surface area contributed by atoms with E-state index in [1.165, 1.54) is 14.2 Å². The summed E-state index contributed by atoms with van der Waals surface area (Å²) in [6.07, 6.45) is -2.91. The Hall–Kier alpha value is -3.26. The molecule has 1 unspecified atom stereocenters. The third kappa shape index (κ3) is 7.95. The summed E-state index contributed by atoms with van der Waals surface area (Å²) in [7, 11) is 2.94. The third-order valence-corrected chi connectivity index (χ3v) is 5.32. The van der Waals surface area contributed by atoms with E-state index in [2.05, 4.69) is 23.7 Å². The van der Waals surface area contributed by atoms with Gasteiger partial charge in [0, 0.05) is 27.1 Å². The number of hydrogen-bond acceptors (Lipinski definition) is 6. The van der Waals surface area contributed by atoms with Gasteiger partial charge in [-0.15, -0.1) is 0 Å². The van der Waals surface area contributed by atoms with Gasteiger partial charge in [-0.2, -0.15) is 0 Å². The van der Waals surface area contributed by atoms with Gasteiger partial charge < -0.3 is 18.9 Å². The maximum Gasteiger partial charge on any atom is 0.208 e. The highest BCUT2D eigenvalue weighted by Crippen LogP contribution is 2.15. The summed E-state index contributed by atoms with van der Waals surface area (Å²) in [6, 6.07) is 19.2. The Bertz CT molecular complexity index is 971. The Morgan fingerprint density at radius 3 is 1.41 bits per heavy atom. The normalized spacial score (nSPS) is 23.0. The molecule has 0 fully saturated rings. The fraction of sp³-hybridized carbons (Fsp3) is 0.357. The van der Waals surface area contributed by atoms with E-state index in [1.54, 1.807) is 0 Å². The van der Waals surface area contributed by atoms with Crippen molar-refractivity contribution < 1.29 is 28.5 Å². The van der Waals surface area contributed by atoms with Gasteiger partial charge in [0.2, 0.25) is 11.6 Å². The smallest absolute Gasteiger partial charge is 0.208 e. The van der Waals surface area contributed by atoms with Crippen LogP contribution in [0.4, 0.5) is 0 Å². The molecule has 176 valence electrons. The lowest BCUT2D eigenvalue weighted by molar-refractivity contribution is -0.125.